The number of furan rings is 1. The molecule has 1 aromatic heterocycles. The zero-order valence-electron chi connectivity index (χ0n) is 7.08. The minimum Gasteiger partial charge on any atom is -0.466 e. The molecule has 0 aliphatic heterocycles. The Morgan fingerprint density at radius 2 is 2.42 bits per heavy atom. The first kappa shape index (κ1) is 8.89. The fraction of sp³-hybridized carbons (Fsp3) is 0.400. The largest absolute Gasteiger partial charge is 0.466 e. The van der Waals surface area contributed by atoms with E-state index in [-0.39, 0.29) is 0 Å². The Kier molecular flexibility index (Phi) is 2.95. The summed E-state index contributed by atoms with van der Waals surface area (Å²) in [5.74, 6) is 4.02. The maximum Gasteiger partial charge on any atom is 0.114 e. The third-order valence-electron chi connectivity index (χ3n) is 1.65. The molecule has 0 spiro atoms. The molecule has 0 aromatic carbocycles. The van der Waals surface area contributed by atoms with Crippen LogP contribution in [0.5, 0.6) is 0 Å². The molecule has 0 saturated heterocycles. The van der Waals surface area contributed by atoms with Gasteiger partial charge in [-0.05, 0) is 25.5 Å². The van der Waals surface area contributed by atoms with Gasteiger partial charge in [-0.2, -0.15) is 0 Å². The summed E-state index contributed by atoms with van der Waals surface area (Å²) in [6.07, 6.45) is 5.61. The summed E-state index contributed by atoms with van der Waals surface area (Å²) >= 11 is 0. The number of hydrogen-bond acceptors (Lipinski definition) is 2. The van der Waals surface area contributed by atoms with E-state index in [0.29, 0.717) is 12.8 Å². The predicted molar refractivity (Wildman–Crippen MR) is 46.6 cm³/mol. The predicted octanol–water partition coefficient (Wildman–Crippen LogP) is 1.51. The summed E-state index contributed by atoms with van der Waals surface area (Å²) in [5, 5.41) is 9.05. The molecule has 0 unspecified atom stereocenters. The molecular formula is C10H12O2. The molecule has 1 atom stereocenters. The molecular weight excluding hydrogens is 152 g/mol. The Bertz CT molecular complexity index is 280. The third-order valence-corrected chi connectivity index (χ3v) is 1.65. The van der Waals surface area contributed by atoms with Gasteiger partial charge in [-0.25, -0.2) is 0 Å². The molecule has 2 heteroatoms. The highest BCUT2D eigenvalue weighted by Gasteiger charge is 2.02. The normalized spacial score (nSPS) is 12.4. The second-order valence-electron chi connectivity index (χ2n) is 2.73. The van der Waals surface area contributed by atoms with Crippen LogP contribution in [0.4, 0.5) is 0 Å². The summed E-state index contributed by atoms with van der Waals surface area (Å²) < 4.78 is 5.30. The summed E-state index contributed by atoms with van der Waals surface area (Å²) in [6.45, 7) is 1.89. The van der Waals surface area contributed by atoms with Crippen LogP contribution in [0.15, 0.2) is 16.5 Å². The van der Waals surface area contributed by atoms with Gasteiger partial charge < -0.3 is 9.52 Å². The van der Waals surface area contributed by atoms with E-state index in [1.165, 1.54) is 0 Å². The molecule has 2 nitrogen and oxygen atoms in total. The molecule has 0 amide bonds. The van der Waals surface area contributed by atoms with Gasteiger partial charge in [0.15, 0.2) is 0 Å². The lowest BCUT2D eigenvalue weighted by molar-refractivity contribution is 0.219. The van der Waals surface area contributed by atoms with Gasteiger partial charge in [0.25, 0.3) is 0 Å². The van der Waals surface area contributed by atoms with Crippen molar-refractivity contribution in [2.24, 2.45) is 0 Å². The number of aliphatic hydroxyl groups excluding tert-OH is 1. The fourth-order valence-electron chi connectivity index (χ4n) is 0.982. The number of rotatable bonds is 3. The van der Waals surface area contributed by atoms with Crippen molar-refractivity contribution in [1.29, 1.82) is 0 Å². The molecule has 0 bridgehead atoms. The van der Waals surface area contributed by atoms with E-state index in [9.17, 15) is 0 Å². The van der Waals surface area contributed by atoms with Crippen LogP contribution in [0.1, 0.15) is 17.9 Å². The van der Waals surface area contributed by atoms with Gasteiger partial charge >= 0.3 is 0 Å². The maximum atomic E-state index is 9.05. The van der Waals surface area contributed by atoms with E-state index in [1.807, 2.05) is 19.1 Å². The second-order valence-corrected chi connectivity index (χ2v) is 2.73. The SMILES string of the molecule is C#C[C@H](O)CCc1ccc(C)o1. The first-order chi connectivity index (χ1) is 5.72. The van der Waals surface area contributed by atoms with Crippen molar-refractivity contribution >= 4 is 0 Å². The molecule has 12 heavy (non-hydrogen) atoms. The summed E-state index contributed by atoms with van der Waals surface area (Å²) in [7, 11) is 0. The van der Waals surface area contributed by atoms with E-state index in [4.69, 9.17) is 15.9 Å². The average molecular weight is 164 g/mol. The molecule has 1 rings (SSSR count). The number of terminal acetylenes is 1. The molecule has 0 saturated carbocycles. The Hall–Kier alpha value is -1.20. The molecule has 1 heterocycles. The minimum absolute atomic E-state index is 0.559. The lowest BCUT2D eigenvalue weighted by atomic mass is 10.2. The first-order valence-electron chi connectivity index (χ1n) is 3.92. The van der Waals surface area contributed by atoms with E-state index in [0.717, 1.165) is 11.5 Å². The van der Waals surface area contributed by atoms with Gasteiger partial charge in [0.05, 0.1) is 0 Å². The van der Waals surface area contributed by atoms with Crippen LogP contribution in [-0.2, 0) is 6.42 Å². The van der Waals surface area contributed by atoms with Crippen LogP contribution >= 0.6 is 0 Å². The molecule has 64 valence electrons. The topological polar surface area (TPSA) is 33.4 Å². The average Bonchev–Trinajstić information content (AvgIpc) is 2.47. The van der Waals surface area contributed by atoms with Crippen molar-refractivity contribution in [2.75, 3.05) is 0 Å². The maximum absolute atomic E-state index is 9.05. The quantitative estimate of drug-likeness (QED) is 0.687. The van der Waals surface area contributed by atoms with Gasteiger partial charge in [-0.1, -0.05) is 5.92 Å². The first-order valence-corrected chi connectivity index (χ1v) is 3.92. The zero-order valence-corrected chi connectivity index (χ0v) is 7.08. The van der Waals surface area contributed by atoms with E-state index >= 15 is 0 Å². The van der Waals surface area contributed by atoms with Gasteiger partial charge in [-0.15, -0.1) is 6.42 Å². The zero-order chi connectivity index (χ0) is 8.97. The van der Waals surface area contributed by atoms with Crippen molar-refractivity contribution in [2.45, 2.75) is 25.9 Å². The van der Waals surface area contributed by atoms with Crippen molar-refractivity contribution < 1.29 is 9.52 Å². The second kappa shape index (κ2) is 3.99. The molecule has 0 aliphatic rings. The fourth-order valence-corrected chi connectivity index (χ4v) is 0.982. The summed E-state index contributed by atoms with van der Waals surface area (Å²) in [4.78, 5) is 0. The van der Waals surface area contributed by atoms with E-state index < -0.39 is 6.10 Å². The van der Waals surface area contributed by atoms with Gasteiger partial charge in [-0.3, -0.25) is 0 Å². The van der Waals surface area contributed by atoms with Crippen LogP contribution < -0.4 is 0 Å². The smallest absolute Gasteiger partial charge is 0.114 e. The molecule has 0 fully saturated rings. The monoisotopic (exact) mass is 164 g/mol. The molecule has 1 N–H and O–H groups in total. The van der Waals surface area contributed by atoms with Gasteiger partial charge in [0.1, 0.15) is 17.6 Å². The van der Waals surface area contributed by atoms with E-state index in [1.54, 1.807) is 0 Å². The Morgan fingerprint density at radius 3 is 2.92 bits per heavy atom. The van der Waals surface area contributed by atoms with Crippen LogP contribution in [-0.4, -0.2) is 11.2 Å². The minimum atomic E-state index is -0.657. The van der Waals surface area contributed by atoms with Crippen LogP contribution in [0.25, 0.3) is 0 Å². The summed E-state index contributed by atoms with van der Waals surface area (Å²) in [5.41, 5.74) is 0. The van der Waals surface area contributed by atoms with Crippen molar-refractivity contribution in [1.82, 2.24) is 0 Å². The van der Waals surface area contributed by atoms with Crippen molar-refractivity contribution in [3.8, 4) is 12.3 Å². The number of aliphatic hydroxyl groups is 1. The van der Waals surface area contributed by atoms with Gasteiger partial charge in [0.2, 0.25) is 0 Å². The van der Waals surface area contributed by atoms with Crippen LogP contribution in [0.2, 0.25) is 0 Å². The van der Waals surface area contributed by atoms with Crippen LogP contribution in [0.3, 0.4) is 0 Å². The third kappa shape index (κ3) is 2.44. The number of hydrogen-bond donors (Lipinski definition) is 1. The highest BCUT2D eigenvalue weighted by atomic mass is 16.3. The van der Waals surface area contributed by atoms with E-state index in [2.05, 4.69) is 5.92 Å². The summed E-state index contributed by atoms with van der Waals surface area (Å²) in [6, 6.07) is 3.80. The highest BCUT2D eigenvalue weighted by molar-refractivity contribution is 5.06. The van der Waals surface area contributed by atoms with Crippen molar-refractivity contribution in [3.05, 3.63) is 23.7 Å². The van der Waals surface area contributed by atoms with Crippen LogP contribution in [0, 0.1) is 19.3 Å². The Morgan fingerprint density at radius 1 is 1.67 bits per heavy atom. The molecule has 0 radical (unpaired) electrons. The Balaban J connectivity index is 2.39. The molecule has 1 aromatic rings. The Labute approximate surface area is 72.2 Å². The number of aryl methyl sites for hydroxylation is 2. The highest BCUT2D eigenvalue weighted by Crippen LogP contribution is 2.09. The standard InChI is InChI=1S/C10H12O2/c1-3-9(11)5-7-10-6-4-8(2)12-10/h1,4,6,9,11H,5,7H2,2H3/t9-/m0/s1. The lowest BCUT2D eigenvalue weighted by Crippen LogP contribution is -2.03. The lowest BCUT2D eigenvalue weighted by Gasteiger charge is -1.99. The van der Waals surface area contributed by atoms with Gasteiger partial charge in [0, 0.05) is 6.42 Å². The molecule has 0 aliphatic carbocycles. The van der Waals surface area contributed by atoms with Crippen molar-refractivity contribution in [3.63, 3.8) is 0 Å².